The molecule has 0 aliphatic carbocycles. The third-order valence-electron chi connectivity index (χ3n) is 3.95. The number of nitrogens with two attached hydrogens (primary N) is 1. The number of carbonyl (C=O) groups is 1. The number of hydrogen-bond donors (Lipinski definition) is 2. The van der Waals surface area contributed by atoms with Crippen molar-refractivity contribution in [3.8, 4) is 0 Å². The molecule has 1 aromatic heterocycles. The Balaban J connectivity index is 1.84. The van der Waals surface area contributed by atoms with Crippen molar-refractivity contribution < 1.29 is 9.00 Å². The number of nitrogen functional groups attached to an aromatic ring is 1. The smallest absolute Gasteiger partial charge is 0.209 e. The van der Waals surface area contributed by atoms with Crippen LogP contribution in [0.4, 0.5) is 16.6 Å². The van der Waals surface area contributed by atoms with E-state index in [-0.39, 0.29) is 32.1 Å². The number of thiazole rings is 1. The van der Waals surface area contributed by atoms with Crippen molar-refractivity contribution in [3.63, 3.8) is 0 Å². The number of hydrogen-bond acceptors (Lipinski definition) is 6. The van der Waals surface area contributed by atoms with E-state index < -0.39 is 10.8 Å². The van der Waals surface area contributed by atoms with Gasteiger partial charge in [-0.25, -0.2) is 9.19 Å². The summed E-state index contributed by atoms with van der Waals surface area (Å²) in [6.45, 7) is 4.04. The molecule has 3 rings (SSSR count). The SMILES string of the molecule is CC(C)C=CS(=O)c1cccc(Nc2nc(N)c(C(=O)c3c(Cl)cccc3Cl)s2)c1. The van der Waals surface area contributed by atoms with Crippen molar-refractivity contribution in [3.05, 3.63) is 74.4 Å². The van der Waals surface area contributed by atoms with E-state index in [1.165, 1.54) is 0 Å². The summed E-state index contributed by atoms with van der Waals surface area (Å²) in [5.74, 6) is 0.0153. The minimum absolute atomic E-state index is 0.0862. The Morgan fingerprint density at radius 3 is 2.53 bits per heavy atom. The predicted octanol–water partition coefficient (Wildman–Crippen LogP) is 6.28. The van der Waals surface area contributed by atoms with E-state index in [9.17, 15) is 9.00 Å². The van der Waals surface area contributed by atoms with Gasteiger partial charge in [0.05, 0.1) is 26.4 Å². The highest BCUT2D eigenvalue weighted by Crippen LogP contribution is 2.34. The van der Waals surface area contributed by atoms with Gasteiger partial charge in [0, 0.05) is 16.0 Å². The van der Waals surface area contributed by atoms with Crippen molar-refractivity contribution in [2.75, 3.05) is 11.1 Å². The number of nitrogens with one attached hydrogen (secondary N) is 1. The van der Waals surface area contributed by atoms with Gasteiger partial charge in [0.15, 0.2) is 5.13 Å². The van der Waals surface area contributed by atoms with E-state index in [1.54, 1.807) is 41.8 Å². The highest BCUT2D eigenvalue weighted by atomic mass is 35.5. The van der Waals surface area contributed by atoms with Crippen LogP contribution in [0, 0.1) is 5.92 Å². The van der Waals surface area contributed by atoms with Crippen LogP contribution in [-0.2, 0) is 10.8 Å². The van der Waals surface area contributed by atoms with Gasteiger partial charge in [0.1, 0.15) is 10.7 Å². The first-order valence-electron chi connectivity index (χ1n) is 8.97. The lowest BCUT2D eigenvalue weighted by molar-refractivity contribution is 0.104. The number of aromatic nitrogens is 1. The minimum atomic E-state index is -1.25. The lowest BCUT2D eigenvalue weighted by atomic mass is 10.1. The van der Waals surface area contributed by atoms with Gasteiger partial charge >= 0.3 is 0 Å². The molecular formula is C21H19Cl2N3O2S2. The quantitative estimate of drug-likeness (QED) is 0.389. The molecule has 0 amide bonds. The largest absolute Gasteiger partial charge is 0.382 e. The first kappa shape index (κ1) is 22.5. The maximum absolute atomic E-state index is 12.9. The van der Waals surface area contributed by atoms with Gasteiger partial charge in [-0.3, -0.25) is 4.79 Å². The standard InChI is InChI=1S/C21H19Cl2N3O2S2/c1-12(2)9-10-30(28)14-6-3-5-13(11-14)25-21-26-20(24)19(29-21)18(27)17-15(22)7-4-8-16(17)23/h3-12H,24H2,1-2H3,(H,25,26). The third kappa shape index (κ3) is 5.29. The fraction of sp³-hybridized carbons (Fsp3) is 0.143. The monoisotopic (exact) mass is 479 g/mol. The molecule has 5 nitrogen and oxygen atoms in total. The Bertz CT molecular complexity index is 1120. The number of benzene rings is 2. The summed E-state index contributed by atoms with van der Waals surface area (Å²) in [6, 6.07) is 12.0. The second kappa shape index (κ2) is 9.75. The Labute approximate surface area is 191 Å². The Kier molecular flexibility index (Phi) is 7.31. The average Bonchev–Trinajstić information content (AvgIpc) is 3.06. The molecule has 3 N–H and O–H groups in total. The average molecular weight is 480 g/mol. The van der Waals surface area contributed by atoms with Crippen LogP contribution in [0.25, 0.3) is 0 Å². The van der Waals surface area contributed by atoms with Gasteiger partial charge < -0.3 is 11.1 Å². The molecule has 2 aromatic carbocycles. The van der Waals surface area contributed by atoms with Crippen LogP contribution in [0.2, 0.25) is 10.0 Å². The van der Waals surface area contributed by atoms with Crippen molar-refractivity contribution in [2.45, 2.75) is 18.7 Å². The second-order valence-electron chi connectivity index (χ2n) is 6.68. The zero-order valence-corrected chi connectivity index (χ0v) is 19.3. The molecule has 1 unspecified atom stereocenters. The van der Waals surface area contributed by atoms with Crippen LogP contribution in [0.5, 0.6) is 0 Å². The predicted molar refractivity (Wildman–Crippen MR) is 127 cm³/mol. The van der Waals surface area contributed by atoms with Crippen LogP contribution in [-0.4, -0.2) is 15.0 Å². The van der Waals surface area contributed by atoms with Crippen molar-refractivity contribution >= 4 is 67.8 Å². The number of allylic oxidation sites excluding steroid dienone is 1. The molecule has 3 aromatic rings. The van der Waals surface area contributed by atoms with Gasteiger partial charge in [-0.1, -0.05) is 66.6 Å². The zero-order chi connectivity index (χ0) is 21.8. The van der Waals surface area contributed by atoms with Crippen LogP contribution in [0.3, 0.4) is 0 Å². The number of rotatable bonds is 7. The molecule has 1 heterocycles. The maximum Gasteiger partial charge on any atom is 0.209 e. The van der Waals surface area contributed by atoms with E-state index in [1.807, 2.05) is 26.0 Å². The van der Waals surface area contributed by atoms with Crippen LogP contribution >= 0.6 is 34.5 Å². The van der Waals surface area contributed by atoms with E-state index >= 15 is 0 Å². The molecule has 1 atom stereocenters. The molecule has 0 saturated heterocycles. The van der Waals surface area contributed by atoms with E-state index in [4.69, 9.17) is 28.9 Å². The number of nitrogens with zero attached hydrogens (tertiary/aromatic N) is 1. The molecule has 0 aliphatic heterocycles. The highest BCUT2D eigenvalue weighted by Gasteiger charge is 2.22. The number of carbonyl (C=O) groups excluding carboxylic acids is 1. The fourth-order valence-electron chi connectivity index (χ4n) is 2.51. The van der Waals surface area contributed by atoms with Crippen LogP contribution in [0.15, 0.2) is 58.8 Å². The second-order valence-corrected chi connectivity index (χ2v) is 9.83. The topological polar surface area (TPSA) is 85.1 Å². The molecule has 30 heavy (non-hydrogen) atoms. The number of ketones is 1. The van der Waals surface area contributed by atoms with E-state index in [2.05, 4.69) is 10.3 Å². The molecule has 0 radical (unpaired) electrons. The van der Waals surface area contributed by atoms with Crippen molar-refractivity contribution in [1.82, 2.24) is 4.98 Å². The Morgan fingerprint density at radius 1 is 1.20 bits per heavy atom. The highest BCUT2D eigenvalue weighted by molar-refractivity contribution is 7.88. The van der Waals surface area contributed by atoms with Gasteiger partial charge in [0.2, 0.25) is 5.78 Å². The Morgan fingerprint density at radius 2 is 1.87 bits per heavy atom. The third-order valence-corrected chi connectivity index (χ3v) is 6.69. The Hall–Kier alpha value is -2.19. The van der Waals surface area contributed by atoms with Gasteiger partial charge in [-0.15, -0.1) is 0 Å². The molecule has 0 aliphatic rings. The van der Waals surface area contributed by atoms with Crippen LogP contribution in [0.1, 0.15) is 29.1 Å². The summed E-state index contributed by atoms with van der Waals surface area (Å²) >= 11 is 13.4. The lowest BCUT2D eigenvalue weighted by Crippen LogP contribution is -2.04. The normalized spacial score (nSPS) is 12.4. The number of anilines is 3. The summed E-state index contributed by atoms with van der Waals surface area (Å²) in [5.41, 5.74) is 6.85. The minimum Gasteiger partial charge on any atom is -0.382 e. The van der Waals surface area contributed by atoms with Crippen molar-refractivity contribution in [2.24, 2.45) is 5.92 Å². The van der Waals surface area contributed by atoms with Gasteiger partial charge in [0.25, 0.3) is 0 Å². The molecule has 0 fully saturated rings. The zero-order valence-electron chi connectivity index (χ0n) is 16.2. The molecule has 0 bridgehead atoms. The van der Waals surface area contributed by atoms with Gasteiger partial charge in [-0.05, 0) is 36.2 Å². The molecule has 9 heteroatoms. The lowest BCUT2D eigenvalue weighted by Gasteiger charge is -2.05. The summed E-state index contributed by atoms with van der Waals surface area (Å²) in [4.78, 5) is 18.0. The molecule has 0 spiro atoms. The fourth-order valence-corrected chi connectivity index (χ4v) is 5.00. The molecule has 0 saturated carbocycles. The molecular weight excluding hydrogens is 461 g/mol. The van der Waals surface area contributed by atoms with E-state index in [0.29, 0.717) is 21.6 Å². The van der Waals surface area contributed by atoms with E-state index in [0.717, 1.165) is 11.3 Å². The van der Waals surface area contributed by atoms with Gasteiger partial charge in [-0.2, -0.15) is 0 Å². The summed E-state index contributed by atoms with van der Waals surface area (Å²) in [7, 11) is -1.25. The maximum atomic E-state index is 12.9. The van der Waals surface area contributed by atoms with Crippen LogP contribution < -0.4 is 11.1 Å². The summed E-state index contributed by atoms with van der Waals surface area (Å²) in [5, 5.41) is 5.72. The first-order chi connectivity index (χ1) is 14.3. The first-order valence-corrected chi connectivity index (χ1v) is 11.8. The molecule has 156 valence electrons. The summed E-state index contributed by atoms with van der Waals surface area (Å²) < 4.78 is 12.4. The van der Waals surface area contributed by atoms with Crippen molar-refractivity contribution in [1.29, 1.82) is 0 Å². The summed E-state index contributed by atoms with van der Waals surface area (Å²) in [6.07, 6.45) is 1.90. The number of halogens is 2.